The number of furan rings is 1. The van der Waals surface area contributed by atoms with E-state index in [1.54, 1.807) is 11.8 Å². The van der Waals surface area contributed by atoms with Crippen LogP contribution in [0.4, 0.5) is 0 Å². The normalized spacial score (nSPS) is 14.9. The van der Waals surface area contributed by atoms with Crippen LogP contribution in [0.25, 0.3) is 0 Å². The number of sulfonamides is 1. The summed E-state index contributed by atoms with van der Waals surface area (Å²) < 4.78 is 42.5. The van der Waals surface area contributed by atoms with Crippen molar-refractivity contribution in [1.29, 1.82) is 0 Å². The number of carbonyl (C=O) groups excluding carboxylic acids is 2. The summed E-state index contributed by atoms with van der Waals surface area (Å²) in [5.41, 5.74) is 1.22. The van der Waals surface area contributed by atoms with Gasteiger partial charge >= 0.3 is 5.97 Å². The molecule has 0 atom stereocenters. The highest BCUT2D eigenvalue weighted by molar-refractivity contribution is 7.89. The molecule has 0 N–H and O–H groups in total. The molecule has 1 saturated heterocycles. The third kappa shape index (κ3) is 6.89. The number of ether oxygens (including phenoxy) is 2. The Morgan fingerprint density at radius 3 is 2.42 bits per heavy atom. The SMILES string of the molecule is CCOC(=O)c1ccc(S(=O)(=O)N2CCN(C(=O)CCCOCCc3ccccc3)CC2)o1. The number of carbonyl (C=O) groups is 2. The largest absolute Gasteiger partial charge is 0.460 e. The molecule has 180 valence electrons. The minimum Gasteiger partial charge on any atom is -0.460 e. The number of hydrogen-bond donors (Lipinski definition) is 0. The maximum absolute atomic E-state index is 12.8. The molecule has 0 radical (unpaired) electrons. The number of amides is 1. The number of piperazine rings is 1. The van der Waals surface area contributed by atoms with Crippen molar-refractivity contribution in [2.75, 3.05) is 46.0 Å². The van der Waals surface area contributed by atoms with Crippen molar-refractivity contribution in [2.45, 2.75) is 31.3 Å². The molecule has 1 aromatic heterocycles. The highest BCUT2D eigenvalue weighted by atomic mass is 32.2. The summed E-state index contributed by atoms with van der Waals surface area (Å²) in [6.07, 6.45) is 1.82. The number of rotatable bonds is 11. The van der Waals surface area contributed by atoms with Crippen LogP contribution in [0.2, 0.25) is 0 Å². The first-order chi connectivity index (χ1) is 15.9. The van der Waals surface area contributed by atoms with Crippen LogP contribution in [0, 0.1) is 0 Å². The zero-order chi connectivity index (χ0) is 23.7. The van der Waals surface area contributed by atoms with Crippen LogP contribution in [0.1, 0.15) is 35.9 Å². The van der Waals surface area contributed by atoms with Crippen molar-refractivity contribution in [2.24, 2.45) is 0 Å². The third-order valence-corrected chi connectivity index (χ3v) is 7.07. The van der Waals surface area contributed by atoms with E-state index in [9.17, 15) is 18.0 Å². The van der Waals surface area contributed by atoms with E-state index >= 15 is 0 Å². The lowest BCUT2D eigenvalue weighted by atomic mass is 10.2. The smallest absolute Gasteiger partial charge is 0.374 e. The summed E-state index contributed by atoms with van der Waals surface area (Å²) in [5, 5.41) is -0.307. The first kappa shape index (κ1) is 24.9. The van der Waals surface area contributed by atoms with Gasteiger partial charge < -0.3 is 18.8 Å². The second kappa shape index (κ2) is 12.0. The number of benzene rings is 1. The molecule has 0 bridgehead atoms. The molecule has 2 aromatic rings. The van der Waals surface area contributed by atoms with Crippen LogP contribution < -0.4 is 0 Å². The summed E-state index contributed by atoms with van der Waals surface area (Å²) in [7, 11) is -3.89. The number of hydrogen-bond acceptors (Lipinski definition) is 7. The quantitative estimate of drug-likeness (QED) is 0.360. The van der Waals surface area contributed by atoms with E-state index in [-0.39, 0.29) is 36.5 Å². The van der Waals surface area contributed by atoms with Crippen LogP contribution in [-0.4, -0.2) is 75.5 Å². The average molecular weight is 479 g/mol. The lowest BCUT2D eigenvalue weighted by molar-refractivity contribution is -0.132. The van der Waals surface area contributed by atoms with Crippen molar-refractivity contribution in [3.63, 3.8) is 0 Å². The molecular formula is C23H30N2O7S. The summed E-state index contributed by atoms with van der Waals surface area (Å²) in [5.74, 6) is -0.880. The Morgan fingerprint density at radius 2 is 1.73 bits per heavy atom. The summed E-state index contributed by atoms with van der Waals surface area (Å²) >= 11 is 0. The maximum atomic E-state index is 12.8. The minimum absolute atomic E-state index is 0.0127. The van der Waals surface area contributed by atoms with Gasteiger partial charge in [0.15, 0.2) is 0 Å². The molecule has 3 rings (SSSR count). The fourth-order valence-corrected chi connectivity index (χ4v) is 4.83. The van der Waals surface area contributed by atoms with Crippen molar-refractivity contribution in [3.8, 4) is 0 Å². The molecule has 1 amide bonds. The van der Waals surface area contributed by atoms with E-state index in [2.05, 4.69) is 12.1 Å². The van der Waals surface area contributed by atoms with E-state index in [1.807, 2.05) is 18.2 Å². The Hall–Kier alpha value is -2.69. The Morgan fingerprint density at radius 1 is 1.00 bits per heavy atom. The molecule has 0 aliphatic carbocycles. The van der Waals surface area contributed by atoms with Crippen LogP contribution >= 0.6 is 0 Å². The first-order valence-corrected chi connectivity index (χ1v) is 12.5. The molecule has 10 heteroatoms. The Balaban J connectivity index is 1.38. The van der Waals surface area contributed by atoms with Crippen molar-refractivity contribution >= 4 is 21.9 Å². The van der Waals surface area contributed by atoms with Gasteiger partial charge in [-0.15, -0.1) is 0 Å². The van der Waals surface area contributed by atoms with E-state index < -0.39 is 16.0 Å². The predicted molar refractivity (Wildman–Crippen MR) is 120 cm³/mol. The molecule has 2 heterocycles. The Labute approximate surface area is 194 Å². The molecule has 0 saturated carbocycles. The van der Waals surface area contributed by atoms with Crippen LogP contribution in [0.3, 0.4) is 0 Å². The second-order valence-corrected chi connectivity index (χ2v) is 9.44. The Bertz CT molecular complexity index is 1010. The van der Waals surface area contributed by atoms with E-state index in [0.29, 0.717) is 39.1 Å². The number of nitrogens with zero attached hydrogens (tertiary/aromatic N) is 2. The highest BCUT2D eigenvalue weighted by Gasteiger charge is 2.32. The molecule has 1 aliphatic rings. The standard InChI is InChI=1S/C23H30N2O7S/c1-2-31-23(27)20-10-11-22(32-20)33(28,29)25-15-13-24(14-16-25)21(26)9-6-17-30-18-12-19-7-4-3-5-8-19/h3-5,7-8,10-11H,2,6,9,12-18H2,1H3. The molecule has 9 nitrogen and oxygen atoms in total. The van der Waals surface area contributed by atoms with E-state index in [0.717, 1.165) is 6.42 Å². The highest BCUT2D eigenvalue weighted by Crippen LogP contribution is 2.21. The van der Waals surface area contributed by atoms with Crippen LogP contribution in [-0.2, 0) is 30.7 Å². The molecule has 0 unspecified atom stereocenters. The molecule has 1 aromatic carbocycles. The second-order valence-electron chi connectivity index (χ2n) is 7.58. The van der Waals surface area contributed by atoms with E-state index in [4.69, 9.17) is 13.9 Å². The molecule has 0 spiro atoms. The van der Waals surface area contributed by atoms with Gasteiger partial charge in [0.1, 0.15) is 0 Å². The molecule has 1 aliphatic heterocycles. The van der Waals surface area contributed by atoms with Crippen molar-refractivity contribution in [3.05, 3.63) is 53.8 Å². The molecule has 33 heavy (non-hydrogen) atoms. The average Bonchev–Trinajstić information content (AvgIpc) is 3.34. The zero-order valence-corrected chi connectivity index (χ0v) is 19.6. The van der Waals surface area contributed by atoms with Gasteiger partial charge in [0, 0.05) is 39.2 Å². The summed E-state index contributed by atoms with van der Waals surface area (Å²) in [6, 6.07) is 12.6. The Kier molecular flexibility index (Phi) is 9.04. The van der Waals surface area contributed by atoms with Gasteiger partial charge in [0.05, 0.1) is 13.2 Å². The van der Waals surface area contributed by atoms with Gasteiger partial charge in [-0.25, -0.2) is 13.2 Å². The van der Waals surface area contributed by atoms with Gasteiger partial charge in [-0.1, -0.05) is 30.3 Å². The fraction of sp³-hybridized carbons (Fsp3) is 0.478. The zero-order valence-electron chi connectivity index (χ0n) is 18.8. The van der Waals surface area contributed by atoms with Crippen molar-refractivity contribution < 1.29 is 31.9 Å². The predicted octanol–water partition coefficient (Wildman–Crippen LogP) is 2.33. The fourth-order valence-electron chi connectivity index (χ4n) is 3.50. The van der Waals surface area contributed by atoms with Gasteiger partial charge in [-0.05, 0) is 37.5 Å². The first-order valence-electron chi connectivity index (χ1n) is 11.1. The van der Waals surface area contributed by atoms with Gasteiger partial charge in [-0.2, -0.15) is 4.31 Å². The van der Waals surface area contributed by atoms with Gasteiger partial charge in [0.2, 0.25) is 16.8 Å². The van der Waals surface area contributed by atoms with Crippen LogP contribution in [0.15, 0.2) is 52.0 Å². The topological polar surface area (TPSA) is 106 Å². The maximum Gasteiger partial charge on any atom is 0.374 e. The lowest BCUT2D eigenvalue weighted by Gasteiger charge is -2.33. The summed E-state index contributed by atoms with van der Waals surface area (Å²) in [4.78, 5) is 25.8. The molecule has 1 fully saturated rings. The number of esters is 1. The lowest BCUT2D eigenvalue weighted by Crippen LogP contribution is -2.50. The molecular weight excluding hydrogens is 448 g/mol. The van der Waals surface area contributed by atoms with Crippen molar-refractivity contribution in [1.82, 2.24) is 9.21 Å². The summed E-state index contributed by atoms with van der Waals surface area (Å²) in [6.45, 7) is 3.87. The van der Waals surface area contributed by atoms with Crippen LogP contribution in [0.5, 0.6) is 0 Å². The van der Waals surface area contributed by atoms with E-state index in [1.165, 1.54) is 22.0 Å². The third-order valence-electron chi connectivity index (χ3n) is 5.30. The van der Waals surface area contributed by atoms with Gasteiger partial charge in [0.25, 0.3) is 10.0 Å². The monoisotopic (exact) mass is 478 g/mol. The minimum atomic E-state index is -3.89. The van der Waals surface area contributed by atoms with Gasteiger partial charge in [-0.3, -0.25) is 4.79 Å².